The molecule has 2 aromatic carbocycles. The van der Waals surface area contributed by atoms with Crippen molar-refractivity contribution < 1.29 is 19.0 Å². The maximum atomic E-state index is 12.5. The Morgan fingerprint density at radius 3 is 2.88 bits per heavy atom. The molecule has 0 radical (unpaired) electrons. The molecule has 0 fully saturated rings. The number of methoxy groups -OCH3 is 1. The first-order chi connectivity index (χ1) is 12.2. The van der Waals surface area contributed by atoms with Crippen molar-refractivity contribution in [1.29, 1.82) is 0 Å². The topological polar surface area (TPSA) is 69.7 Å². The zero-order valence-electron chi connectivity index (χ0n) is 13.7. The van der Waals surface area contributed by atoms with Gasteiger partial charge in [-0.2, -0.15) is 0 Å². The molecule has 128 valence electrons. The van der Waals surface area contributed by atoms with Gasteiger partial charge in [0.15, 0.2) is 16.6 Å². The number of rotatable bonds is 3. The van der Waals surface area contributed by atoms with E-state index in [4.69, 9.17) is 14.2 Å². The number of hydrogen-bond donors (Lipinski definition) is 1. The Kier molecular flexibility index (Phi) is 3.93. The van der Waals surface area contributed by atoms with Gasteiger partial charge in [0.1, 0.15) is 17.9 Å². The SMILES string of the molecule is COc1ccc(C)c2sc(NC(=O)[C@H]3COc4ccccc4O3)nc12. The number of hydrogen-bond acceptors (Lipinski definition) is 6. The third kappa shape index (κ3) is 2.87. The average molecular weight is 356 g/mol. The van der Waals surface area contributed by atoms with Gasteiger partial charge in [0.25, 0.3) is 5.91 Å². The molecule has 4 rings (SSSR count). The van der Waals surface area contributed by atoms with Crippen molar-refractivity contribution in [1.82, 2.24) is 4.98 Å². The first kappa shape index (κ1) is 15.7. The largest absolute Gasteiger partial charge is 0.494 e. The van der Waals surface area contributed by atoms with Gasteiger partial charge >= 0.3 is 0 Å². The van der Waals surface area contributed by atoms with E-state index >= 15 is 0 Å². The summed E-state index contributed by atoms with van der Waals surface area (Å²) in [6.45, 7) is 2.16. The number of carbonyl (C=O) groups excluding carboxylic acids is 1. The summed E-state index contributed by atoms with van der Waals surface area (Å²) in [6, 6.07) is 11.1. The first-order valence-corrected chi connectivity index (χ1v) is 8.61. The van der Waals surface area contributed by atoms with Crippen LogP contribution in [0, 0.1) is 6.92 Å². The number of nitrogens with one attached hydrogen (secondary N) is 1. The molecule has 1 N–H and O–H groups in total. The summed E-state index contributed by atoms with van der Waals surface area (Å²) in [6.07, 6.45) is -0.718. The normalized spacial score (nSPS) is 15.8. The molecule has 1 aliphatic rings. The molecule has 2 heterocycles. The molecule has 0 bridgehead atoms. The number of thiazole rings is 1. The lowest BCUT2D eigenvalue weighted by molar-refractivity contribution is -0.125. The second-order valence-electron chi connectivity index (χ2n) is 5.63. The molecule has 0 spiro atoms. The van der Waals surface area contributed by atoms with E-state index in [1.165, 1.54) is 11.3 Å². The summed E-state index contributed by atoms with van der Waals surface area (Å²) in [5.74, 6) is 1.61. The Morgan fingerprint density at radius 1 is 1.28 bits per heavy atom. The van der Waals surface area contributed by atoms with Crippen LogP contribution in [-0.4, -0.2) is 30.7 Å². The zero-order chi connectivity index (χ0) is 17.4. The Morgan fingerprint density at radius 2 is 2.08 bits per heavy atom. The summed E-state index contributed by atoms with van der Waals surface area (Å²) in [7, 11) is 1.60. The van der Waals surface area contributed by atoms with Crippen molar-refractivity contribution in [3.05, 3.63) is 42.0 Å². The molecule has 6 nitrogen and oxygen atoms in total. The van der Waals surface area contributed by atoms with Crippen molar-refractivity contribution in [3.8, 4) is 17.2 Å². The number of nitrogens with zero attached hydrogens (tertiary/aromatic N) is 1. The van der Waals surface area contributed by atoms with Crippen LogP contribution in [0.3, 0.4) is 0 Å². The molecule has 3 aromatic rings. The second kappa shape index (κ2) is 6.25. The number of aryl methyl sites for hydroxylation is 1. The highest BCUT2D eigenvalue weighted by atomic mass is 32.1. The third-order valence-corrected chi connectivity index (χ3v) is 5.06. The summed E-state index contributed by atoms with van der Waals surface area (Å²) >= 11 is 1.41. The van der Waals surface area contributed by atoms with Gasteiger partial charge in [-0.25, -0.2) is 4.98 Å². The maximum Gasteiger partial charge on any atom is 0.270 e. The van der Waals surface area contributed by atoms with Crippen molar-refractivity contribution >= 4 is 32.6 Å². The van der Waals surface area contributed by atoms with Crippen molar-refractivity contribution in [2.45, 2.75) is 13.0 Å². The van der Waals surface area contributed by atoms with E-state index in [2.05, 4.69) is 10.3 Å². The predicted molar refractivity (Wildman–Crippen MR) is 95.9 cm³/mol. The number of ether oxygens (including phenoxy) is 3. The lowest BCUT2D eigenvalue weighted by atomic mass is 10.2. The van der Waals surface area contributed by atoms with Crippen molar-refractivity contribution in [2.24, 2.45) is 0 Å². The molecular formula is C18H16N2O4S. The lowest BCUT2D eigenvalue weighted by Gasteiger charge is -2.25. The monoisotopic (exact) mass is 356 g/mol. The molecule has 25 heavy (non-hydrogen) atoms. The Balaban J connectivity index is 1.55. The van der Waals surface area contributed by atoms with E-state index in [1.807, 2.05) is 37.3 Å². The minimum atomic E-state index is -0.718. The van der Waals surface area contributed by atoms with Crippen LogP contribution in [0.25, 0.3) is 10.2 Å². The quantitative estimate of drug-likeness (QED) is 0.779. The van der Waals surface area contributed by atoms with E-state index in [0.717, 1.165) is 15.8 Å². The molecule has 0 unspecified atom stereocenters. The van der Waals surface area contributed by atoms with Gasteiger partial charge in [-0.05, 0) is 30.7 Å². The highest BCUT2D eigenvalue weighted by Gasteiger charge is 2.28. The van der Waals surface area contributed by atoms with Crippen LogP contribution in [0.5, 0.6) is 17.2 Å². The zero-order valence-corrected chi connectivity index (χ0v) is 14.6. The summed E-state index contributed by atoms with van der Waals surface area (Å²) in [4.78, 5) is 17.0. The number of benzene rings is 2. The van der Waals surface area contributed by atoms with E-state index in [1.54, 1.807) is 13.2 Å². The van der Waals surface area contributed by atoms with Crippen molar-refractivity contribution in [3.63, 3.8) is 0 Å². The van der Waals surface area contributed by atoms with Gasteiger partial charge < -0.3 is 14.2 Å². The van der Waals surface area contributed by atoms with Crippen LogP contribution in [0.15, 0.2) is 36.4 Å². The maximum absolute atomic E-state index is 12.5. The van der Waals surface area contributed by atoms with Gasteiger partial charge in [-0.1, -0.05) is 29.5 Å². The summed E-state index contributed by atoms with van der Waals surface area (Å²) in [5.41, 5.74) is 1.83. The number of aromatic nitrogens is 1. The van der Waals surface area contributed by atoms with E-state index in [-0.39, 0.29) is 12.5 Å². The fraction of sp³-hybridized carbons (Fsp3) is 0.222. The highest BCUT2D eigenvalue weighted by Crippen LogP contribution is 2.35. The van der Waals surface area contributed by atoms with Crippen LogP contribution in [0.4, 0.5) is 5.13 Å². The van der Waals surface area contributed by atoms with E-state index in [0.29, 0.717) is 22.4 Å². The predicted octanol–water partition coefficient (Wildman–Crippen LogP) is 3.39. The van der Waals surface area contributed by atoms with Gasteiger partial charge in [0.2, 0.25) is 6.10 Å². The van der Waals surface area contributed by atoms with E-state index in [9.17, 15) is 4.79 Å². The number of anilines is 1. The highest BCUT2D eigenvalue weighted by molar-refractivity contribution is 7.22. The first-order valence-electron chi connectivity index (χ1n) is 7.79. The molecule has 0 aliphatic carbocycles. The Labute approximate surface area is 148 Å². The number of amides is 1. The fourth-order valence-electron chi connectivity index (χ4n) is 2.66. The molecular weight excluding hydrogens is 340 g/mol. The number of para-hydroxylation sites is 2. The van der Waals surface area contributed by atoms with E-state index < -0.39 is 6.10 Å². The second-order valence-corrected chi connectivity index (χ2v) is 6.63. The summed E-state index contributed by atoms with van der Waals surface area (Å²) in [5, 5.41) is 3.33. The van der Waals surface area contributed by atoms with Crippen LogP contribution in [-0.2, 0) is 4.79 Å². The van der Waals surface area contributed by atoms with Crippen LogP contribution >= 0.6 is 11.3 Å². The molecule has 7 heteroatoms. The fourth-order valence-corrected chi connectivity index (χ4v) is 3.62. The average Bonchev–Trinajstić information content (AvgIpc) is 3.06. The minimum Gasteiger partial charge on any atom is -0.494 e. The molecule has 1 atom stereocenters. The van der Waals surface area contributed by atoms with Crippen LogP contribution in [0.2, 0.25) is 0 Å². The van der Waals surface area contributed by atoms with Gasteiger partial charge in [0.05, 0.1) is 11.8 Å². The smallest absolute Gasteiger partial charge is 0.270 e. The standard InChI is InChI=1S/C18H16N2O4S/c1-10-7-8-13(22-2)15-16(10)25-18(19-15)20-17(21)14-9-23-11-5-3-4-6-12(11)24-14/h3-8,14H,9H2,1-2H3,(H,19,20,21)/t14-/m1/s1. The number of fused-ring (bicyclic) bond motifs is 2. The van der Waals surface area contributed by atoms with Gasteiger partial charge in [0, 0.05) is 0 Å². The lowest BCUT2D eigenvalue weighted by Crippen LogP contribution is -2.40. The van der Waals surface area contributed by atoms with Crippen molar-refractivity contribution in [2.75, 3.05) is 19.0 Å². The van der Waals surface area contributed by atoms with Gasteiger partial charge in [-0.15, -0.1) is 0 Å². The Hall–Kier alpha value is -2.80. The molecule has 1 aromatic heterocycles. The van der Waals surface area contributed by atoms with Crippen LogP contribution < -0.4 is 19.5 Å². The van der Waals surface area contributed by atoms with Crippen LogP contribution in [0.1, 0.15) is 5.56 Å². The molecule has 0 saturated heterocycles. The Bertz CT molecular complexity index is 953. The van der Waals surface area contributed by atoms with Gasteiger partial charge in [-0.3, -0.25) is 10.1 Å². The number of carbonyl (C=O) groups is 1. The minimum absolute atomic E-state index is 0.163. The molecule has 1 aliphatic heterocycles. The summed E-state index contributed by atoms with van der Waals surface area (Å²) < 4.78 is 17.6. The molecule has 0 saturated carbocycles. The third-order valence-electron chi connectivity index (χ3n) is 3.95. The molecule has 1 amide bonds.